The van der Waals surface area contributed by atoms with Crippen molar-refractivity contribution in [2.24, 2.45) is 29.6 Å². The van der Waals surface area contributed by atoms with Gasteiger partial charge in [0.1, 0.15) is 17.8 Å². The number of esters is 2. The quantitative estimate of drug-likeness (QED) is 0.274. The molecule has 0 aromatic rings. The van der Waals surface area contributed by atoms with E-state index in [1.807, 2.05) is 6.92 Å². The van der Waals surface area contributed by atoms with E-state index in [1.165, 1.54) is 13.3 Å². The summed E-state index contributed by atoms with van der Waals surface area (Å²) in [4.78, 5) is 25.1. The number of aliphatic hydroxyl groups excluding tert-OH is 1. The Hall–Kier alpha value is -1.44. The molecule has 4 rings (SSSR count). The number of carbonyl (C=O) groups excluding carboxylic acids is 2. The number of hydrogen-bond donors (Lipinski definition) is 1. The van der Waals surface area contributed by atoms with Crippen molar-refractivity contribution in [1.29, 1.82) is 0 Å². The summed E-state index contributed by atoms with van der Waals surface area (Å²) in [6.07, 6.45) is 4.92. The lowest BCUT2D eigenvalue weighted by Gasteiger charge is -2.47. The summed E-state index contributed by atoms with van der Waals surface area (Å²) >= 11 is 0. The number of rotatable bonds is 8. The van der Waals surface area contributed by atoms with Gasteiger partial charge in [-0.3, -0.25) is 9.59 Å². The van der Waals surface area contributed by atoms with Crippen molar-refractivity contribution in [3.05, 3.63) is 12.2 Å². The lowest BCUT2D eigenvalue weighted by atomic mass is 9.59. The molecular formula is C30H48O7. The van der Waals surface area contributed by atoms with Crippen LogP contribution in [-0.4, -0.2) is 59.8 Å². The van der Waals surface area contributed by atoms with Crippen molar-refractivity contribution in [3.63, 3.8) is 0 Å². The van der Waals surface area contributed by atoms with Gasteiger partial charge in [0.25, 0.3) is 0 Å². The Morgan fingerprint density at radius 1 is 1.08 bits per heavy atom. The zero-order valence-corrected chi connectivity index (χ0v) is 23.4. The predicted molar refractivity (Wildman–Crippen MR) is 140 cm³/mol. The van der Waals surface area contributed by atoms with Crippen molar-refractivity contribution >= 4 is 11.9 Å². The molecule has 7 nitrogen and oxygen atoms in total. The number of hydrogen-bond acceptors (Lipinski definition) is 7. The van der Waals surface area contributed by atoms with Crippen molar-refractivity contribution in [2.45, 2.75) is 129 Å². The van der Waals surface area contributed by atoms with Crippen LogP contribution in [0.15, 0.2) is 12.2 Å². The highest BCUT2D eigenvalue weighted by molar-refractivity contribution is 5.69. The molecule has 1 unspecified atom stereocenters. The van der Waals surface area contributed by atoms with Crippen LogP contribution in [0.5, 0.6) is 0 Å². The fourth-order valence-corrected chi connectivity index (χ4v) is 7.61. The number of unbranched alkanes of at least 4 members (excludes halogenated alkanes) is 4. The van der Waals surface area contributed by atoms with E-state index in [9.17, 15) is 14.7 Å². The maximum Gasteiger partial charge on any atom is 0.306 e. The van der Waals surface area contributed by atoms with Gasteiger partial charge in [0.15, 0.2) is 0 Å². The fourth-order valence-electron chi connectivity index (χ4n) is 7.61. The van der Waals surface area contributed by atoms with Crippen LogP contribution in [0.3, 0.4) is 0 Å². The molecule has 3 aliphatic heterocycles. The van der Waals surface area contributed by atoms with Crippen LogP contribution in [0.25, 0.3) is 0 Å². The second kappa shape index (κ2) is 11.7. The molecule has 37 heavy (non-hydrogen) atoms. The van der Waals surface area contributed by atoms with E-state index < -0.39 is 17.8 Å². The highest BCUT2D eigenvalue weighted by Crippen LogP contribution is 2.58. The third-order valence-electron chi connectivity index (χ3n) is 9.65. The Morgan fingerprint density at radius 2 is 1.81 bits per heavy atom. The summed E-state index contributed by atoms with van der Waals surface area (Å²) in [5, 5.41) is 11.1. The average Bonchev–Trinajstić information content (AvgIpc) is 3.18. The van der Waals surface area contributed by atoms with E-state index in [4.69, 9.17) is 18.9 Å². The Labute approximate surface area is 222 Å². The normalized spacial score (nSPS) is 43.2. The molecule has 0 radical (unpaired) electrons. The second-order valence-corrected chi connectivity index (χ2v) is 12.4. The Morgan fingerprint density at radius 3 is 2.51 bits per heavy atom. The first kappa shape index (κ1) is 28.6. The molecule has 3 saturated heterocycles. The monoisotopic (exact) mass is 520 g/mol. The van der Waals surface area contributed by atoms with E-state index in [1.54, 1.807) is 0 Å². The average molecular weight is 521 g/mol. The standard InChI is InChI=1S/C30H48O7/c1-7-8-9-10-11-12-25(33)37-24-15-22(32)17(2)14-23-27-26-21(13-18(3)28(27)35-20(5)31)19(4)16-34-30(24,6)29(26)36-23/h18-19,21-24,26-29,32H,2,7-16H2,1,3-6H3/t18-,19+,21?,22+,23+,24-,26+,27+,28-,29+,30+/m1/s1. The highest BCUT2D eigenvalue weighted by atomic mass is 16.6. The molecule has 11 atom stereocenters. The van der Waals surface area contributed by atoms with E-state index >= 15 is 0 Å². The van der Waals surface area contributed by atoms with Gasteiger partial charge < -0.3 is 24.1 Å². The van der Waals surface area contributed by atoms with Crippen molar-refractivity contribution in [3.8, 4) is 0 Å². The lowest BCUT2D eigenvalue weighted by Crippen LogP contribution is -2.58. The third-order valence-corrected chi connectivity index (χ3v) is 9.65. The third kappa shape index (κ3) is 5.79. The summed E-state index contributed by atoms with van der Waals surface area (Å²) in [5.74, 6) is 0.358. The zero-order chi connectivity index (χ0) is 26.9. The Kier molecular flexibility index (Phi) is 9.07. The molecule has 4 aliphatic rings. The van der Waals surface area contributed by atoms with E-state index in [0.29, 0.717) is 30.9 Å². The largest absolute Gasteiger partial charge is 0.462 e. The summed E-state index contributed by atoms with van der Waals surface area (Å²) in [5.41, 5.74) is -0.260. The van der Waals surface area contributed by atoms with Gasteiger partial charge in [-0.25, -0.2) is 0 Å². The number of carbonyl (C=O) groups is 2. The maximum atomic E-state index is 13.0. The molecule has 2 bridgehead atoms. The molecule has 210 valence electrons. The van der Waals surface area contributed by atoms with Crippen LogP contribution < -0.4 is 0 Å². The first-order chi connectivity index (χ1) is 17.6. The van der Waals surface area contributed by atoms with Crippen LogP contribution in [0, 0.1) is 29.6 Å². The van der Waals surface area contributed by atoms with Gasteiger partial charge in [-0.1, -0.05) is 53.0 Å². The molecule has 0 aromatic heterocycles. The minimum Gasteiger partial charge on any atom is -0.462 e. The van der Waals surface area contributed by atoms with E-state index in [2.05, 4.69) is 27.4 Å². The molecule has 1 N–H and O–H groups in total. The van der Waals surface area contributed by atoms with E-state index in [0.717, 1.165) is 32.1 Å². The van der Waals surface area contributed by atoms with Crippen LogP contribution in [0.2, 0.25) is 0 Å². The molecule has 1 aliphatic carbocycles. The van der Waals surface area contributed by atoms with Gasteiger partial charge in [0, 0.05) is 31.6 Å². The van der Waals surface area contributed by atoms with Crippen LogP contribution in [-0.2, 0) is 28.5 Å². The van der Waals surface area contributed by atoms with Crippen molar-refractivity contribution < 1.29 is 33.6 Å². The first-order valence-corrected chi connectivity index (χ1v) is 14.6. The number of aliphatic hydroxyl groups is 1. The van der Waals surface area contributed by atoms with Crippen LogP contribution >= 0.6 is 0 Å². The summed E-state index contributed by atoms with van der Waals surface area (Å²) in [7, 11) is 0. The fraction of sp³-hybridized carbons (Fsp3) is 0.867. The molecule has 0 aromatic carbocycles. The molecule has 1 saturated carbocycles. The minimum absolute atomic E-state index is 0.0249. The maximum absolute atomic E-state index is 13.0. The number of fused-ring (bicyclic) bond motifs is 2. The smallest absolute Gasteiger partial charge is 0.306 e. The second-order valence-electron chi connectivity index (χ2n) is 12.4. The molecule has 0 spiro atoms. The Balaban J connectivity index is 1.65. The van der Waals surface area contributed by atoms with Gasteiger partial charge in [-0.15, -0.1) is 0 Å². The number of ether oxygens (including phenoxy) is 4. The van der Waals surface area contributed by atoms with Crippen LogP contribution in [0.1, 0.15) is 92.4 Å². The summed E-state index contributed by atoms with van der Waals surface area (Å²) in [6.45, 7) is 14.7. The topological polar surface area (TPSA) is 91.3 Å². The van der Waals surface area contributed by atoms with Gasteiger partial charge in [0.2, 0.25) is 0 Å². The molecular weight excluding hydrogens is 472 g/mol. The van der Waals surface area contributed by atoms with Gasteiger partial charge in [-0.05, 0) is 49.5 Å². The minimum atomic E-state index is -0.925. The zero-order valence-electron chi connectivity index (χ0n) is 23.4. The predicted octanol–water partition coefficient (Wildman–Crippen LogP) is 4.98. The highest BCUT2D eigenvalue weighted by Gasteiger charge is 2.65. The SMILES string of the molecule is C=C1C[C@@H]2O[C@H]3[C@H]4C(C[C@@H](C)[C@@H](OC(C)=O)[C@H]42)[C@@H](C)CO[C@@]3(C)[C@H](OC(=O)CCCCCCC)C[C@@H]1O. The lowest BCUT2D eigenvalue weighted by molar-refractivity contribution is -0.205. The molecule has 3 heterocycles. The molecule has 7 heteroatoms. The first-order valence-electron chi connectivity index (χ1n) is 14.6. The van der Waals surface area contributed by atoms with Crippen molar-refractivity contribution in [2.75, 3.05) is 6.61 Å². The summed E-state index contributed by atoms with van der Waals surface area (Å²) in [6, 6.07) is 0. The van der Waals surface area contributed by atoms with E-state index in [-0.39, 0.29) is 60.3 Å². The molecule has 4 fully saturated rings. The van der Waals surface area contributed by atoms with Crippen molar-refractivity contribution in [1.82, 2.24) is 0 Å². The van der Waals surface area contributed by atoms with Crippen LogP contribution in [0.4, 0.5) is 0 Å². The van der Waals surface area contributed by atoms with Gasteiger partial charge >= 0.3 is 11.9 Å². The Bertz CT molecular complexity index is 842. The summed E-state index contributed by atoms with van der Waals surface area (Å²) < 4.78 is 25.6. The van der Waals surface area contributed by atoms with Gasteiger partial charge in [0.05, 0.1) is 24.9 Å². The van der Waals surface area contributed by atoms with Gasteiger partial charge in [-0.2, -0.15) is 0 Å². The molecule has 0 amide bonds.